The lowest BCUT2D eigenvalue weighted by molar-refractivity contribution is 0.627. The van der Waals surface area contributed by atoms with Gasteiger partial charge in [-0.25, -0.2) is 9.38 Å². The van der Waals surface area contributed by atoms with E-state index >= 15 is 0 Å². The fraction of sp³-hybridized carbons (Fsp3) is 0.176. The first-order valence-electron chi connectivity index (χ1n) is 7.31. The van der Waals surface area contributed by atoms with Gasteiger partial charge < -0.3 is 11.1 Å². The highest BCUT2D eigenvalue weighted by Gasteiger charge is 2.01. The number of aliphatic imine (C=N–C) groups is 1. The fourth-order valence-electron chi connectivity index (χ4n) is 2.00. The molecule has 5 nitrogen and oxygen atoms in total. The zero-order valence-electron chi connectivity index (χ0n) is 12.7. The molecule has 120 valence electrons. The second kappa shape index (κ2) is 8.53. The summed E-state index contributed by atoms with van der Waals surface area (Å²) < 4.78 is 12.9. The lowest BCUT2D eigenvalue weighted by Gasteiger charge is -2.11. The summed E-state index contributed by atoms with van der Waals surface area (Å²) in [5.74, 6) is -0.0337. The number of halogens is 1. The molecule has 0 amide bonds. The molecule has 2 aromatic rings. The first-order valence-corrected chi connectivity index (χ1v) is 7.31. The van der Waals surface area contributed by atoms with Crippen molar-refractivity contribution in [2.45, 2.75) is 13.0 Å². The van der Waals surface area contributed by atoms with Crippen molar-refractivity contribution in [2.24, 2.45) is 10.7 Å². The van der Waals surface area contributed by atoms with Crippen LogP contribution in [0.3, 0.4) is 0 Å². The third-order valence-corrected chi connectivity index (χ3v) is 3.14. The van der Waals surface area contributed by atoms with E-state index in [-0.39, 0.29) is 11.8 Å². The predicted octanol–water partition coefficient (Wildman–Crippen LogP) is 2.00. The Labute approximate surface area is 134 Å². The summed E-state index contributed by atoms with van der Waals surface area (Å²) in [5, 5.41) is 13.1. The Morgan fingerprint density at radius 1 is 1.04 bits per heavy atom. The highest BCUT2D eigenvalue weighted by Crippen LogP contribution is 2.04. The number of nitrogens with zero attached hydrogens (tertiary/aromatic N) is 1. The van der Waals surface area contributed by atoms with Crippen LogP contribution >= 0.6 is 0 Å². The molecule has 0 aliphatic heterocycles. The number of nitrogens with two attached hydrogens (primary N) is 1. The van der Waals surface area contributed by atoms with E-state index in [4.69, 9.17) is 11.1 Å². The maximum atomic E-state index is 12.9. The van der Waals surface area contributed by atoms with E-state index < -0.39 is 0 Å². The van der Waals surface area contributed by atoms with Crippen molar-refractivity contribution in [1.29, 1.82) is 5.41 Å². The first kappa shape index (κ1) is 16.5. The molecule has 0 fully saturated rings. The van der Waals surface area contributed by atoms with Gasteiger partial charge in [-0.2, -0.15) is 0 Å². The van der Waals surface area contributed by atoms with Gasteiger partial charge in [0.2, 0.25) is 0 Å². The minimum atomic E-state index is -0.277. The molecular formula is C17H20FN5. The van der Waals surface area contributed by atoms with Crippen LogP contribution in [0.1, 0.15) is 11.1 Å². The van der Waals surface area contributed by atoms with Crippen molar-refractivity contribution in [2.75, 3.05) is 6.54 Å². The van der Waals surface area contributed by atoms with Gasteiger partial charge in [0.05, 0.1) is 6.54 Å². The number of hydrogen-bond acceptors (Lipinski definition) is 2. The van der Waals surface area contributed by atoms with E-state index in [1.54, 1.807) is 12.1 Å². The summed E-state index contributed by atoms with van der Waals surface area (Å²) in [4.78, 5) is 4.35. The van der Waals surface area contributed by atoms with Crippen LogP contribution in [0.5, 0.6) is 0 Å². The van der Waals surface area contributed by atoms with Gasteiger partial charge in [-0.05, 0) is 29.7 Å². The van der Waals surface area contributed by atoms with Crippen molar-refractivity contribution in [3.63, 3.8) is 0 Å². The van der Waals surface area contributed by atoms with Gasteiger partial charge in [0.25, 0.3) is 0 Å². The quantitative estimate of drug-likeness (QED) is 0.503. The van der Waals surface area contributed by atoms with Crippen LogP contribution in [-0.4, -0.2) is 18.5 Å². The number of benzene rings is 2. The van der Waals surface area contributed by atoms with Crippen LogP contribution in [0.25, 0.3) is 0 Å². The average Bonchev–Trinajstić information content (AvgIpc) is 2.54. The molecule has 0 saturated heterocycles. The third-order valence-electron chi connectivity index (χ3n) is 3.14. The molecule has 0 unspecified atom stereocenters. The molecule has 23 heavy (non-hydrogen) atoms. The molecule has 0 heterocycles. The Bertz CT molecular complexity index is 652. The Balaban J connectivity index is 1.91. The summed E-state index contributed by atoms with van der Waals surface area (Å²) in [6.45, 7) is 1.03. The monoisotopic (exact) mass is 313 g/mol. The van der Waals surface area contributed by atoms with Crippen molar-refractivity contribution < 1.29 is 4.39 Å². The third kappa shape index (κ3) is 6.17. The maximum absolute atomic E-state index is 12.9. The van der Waals surface area contributed by atoms with Crippen LogP contribution < -0.4 is 16.4 Å². The number of hydrogen-bond donors (Lipinski definition) is 4. The molecule has 0 bridgehead atoms. The summed E-state index contributed by atoms with van der Waals surface area (Å²) in [6.07, 6.45) is 0.829. The Kier molecular flexibility index (Phi) is 6.11. The Morgan fingerprint density at radius 2 is 1.74 bits per heavy atom. The van der Waals surface area contributed by atoms with Crippen LogP contribution in [0.15, 0.2) is 59.6 Å². The second-order valence-corrected chi connectivity index (χ2v) is 4.99. The molecule has 2 aromatic carbocycles. The maximum Gasteiger partial charge on any atom is 0.198 e. The lowest BCUT2D eigenvalue weighted by Crippen LogP contribution is -2.44. The SMILES string of the molecule is N=C(N)N/C(=N/Cc1ccc(F)cc1)NCCc1ccccc1. The smallest absolute Gasteiger partial charge is 0.198 e. The van der Waals surface area contributed by atoms with Gasteiger partial charge in [-0.3, -0.25) is 10.7 Å². The summed E-state index contributed by atoms with van der Waals surface area (Å²) in [6, 6.07) is 16.2. The average molecular weight is 313 g/mol. The van der Waals surface area contributed by atoms with E-state index in [2.05, 4.69) is 27.8 Å². The molecular weight excluding hydrogens is 293 g/mol. The molecule has 0 radical (unpaired) electrons. The van der Waals surface area contributed by atoms with Gasteiger partial charge in [-0.1, -0.05) is 42.5 Å². The molecule has 0 spiro atoms. The highest BCUT2D eigenvalue weighted by atomic mass is 19.1. The number of guanidine groups is 2. The normalized spacial score (nSPS) is 11.1. The Morgan fingerprint density at radius 3 is 2.39 bits per heavy atom. The van der Waals surface area contributed by atoms with Crippen molar-refractivity contribution in [1.82, 2.24) is 10.6 Å². The van der Waals surface area contributed by atoms with E-state index in [9.17, 15) is 4.39 Å². The summed E-state index contributed by atoms with van der Waals surface area (Å²) in [5.41, 5.74) is 7.45. The van der Waals surface area contributed by atoms with Gasteiger partial charge in [-0.15, -0.1) is 0 Å². The molecule has 6 heteroatoms. The van der Waals surface area contributed by atoms with Gasteiger partial charge in [0.15, 0.2) is 11.9 Å². The van der Waals surface area contributed by atoms with Crippen LogP contribution in [0.2, 0.25) is 0 Å². The van der Waals surface area contributed by atoms with E-state index in [0.29, 0.717) is 19.0 Å². The largest absolute Gasteiger partial charge is 0.370 e. The van der Waals surface area contributed by atoms with Gasteiger partial charge in [0, 0.05) is 6.54 Å². The fourth-order valence-corrected chi connectivity index (χ4v) is 2.00. The topological polar surface area (TPSA) is 86.3 Å². The highest BCUT2D eigenvalue weighted by molar-refractivity contribution is 5.96. The summed E-state index contributed by atoms with van der Waals surface area (Å²) in [7, 11) is 0. The van der Waals surface area contributed by atoms with Gasteiger partial charge in [0.1, 0.15) is 5.82 Å². The number of nitrogens with one attached hydrogen (secondary N) is 3. The predicted molar refractivity (Wildman–Crippen MR) is 90.7 cm³/mol. The molecule has 0 aliphatic rings. The molecule has 0 aliphatic carbocycles. The van der Waals surface area contributed by atoms with E-state index in [0.717, 1.165) is 12.0 Å². The Hall–Kier alpha value is -2.89. The van der Waals surface area contributed by atoms with Crippen molar-refractivity contribution in [3.05, 3.63) is 71.5 Å². The van der Waals surface area contributed by atoms with Crippen LogP contribution in [-0.2, 0) is 13.0 Å². The molecule has 2 rings (SSSR count). The molecule has 0 saturated carbocycles. The zero-order valence-corrected chi connectivity index (χ0v) is 12.7. The molecule has 0 atom stereocenters. The first-order chi connectivity index (χ1) is 11.1. The van der Waals surface area contributed by atoms with Crippen LogP contribution in [0.4, 0.5) is 4.39 Å². The minimum Gasteiger partial charge on any atom is -0.370 e. The molecule has 0 aromatic heterocycles. The standard InChI is InChI=1S/C17H20FN5/c18-15-8-6-14(7-9-15)12-22-17(23-16(19)20)21-11-10-13-4-2-1-3-5-13/h1-9H,10-12H2,(H5,19,20,21,22,23). The lowest BCUT2D eigenvalue weighted by atomic mass is 10.1. The van der Waals surface area contributed by atoms with Crippen molar-refractivity contribution >= 4 is 11.9 Å². The second-order valence-electron chi connectivity index (χ2n) is 4.99. The van der Waals surface area contributed by atoms with Crippen LogP contribution in [0, 0.1) is 11.2 Å². The molecule has 5 N–H and O–H groups in total. The zero-order chi connectivity index (χ0) is 16.5. The summed E-state index contributed by atoms with van der Waals surface area (Å²) >= 11 is 0. The van der Waals surface area contributed by atoms with Crippen molar-refractivity contribution in [3.8, 4) is 0 Å². The minimum absolute atomic E-state index is 0.185. The van der Waals surface area contributed by atoms with Gasteiger partial charge >= 0.3 is 0 Å². The van der Waals surface area contributed by atoms with E-state index in [1.165, 1.54) is 17.7 Å². The van der Waals surface area contributed by atoms with E-state index in [1.807, 2.05) is 18.2 Å². The number of rotatable bonds is 5.